The summed E-state index contributed by atoms with van der Waals surface area (Å²) in [5.41, 5.74) is 0. The zero-order chi connectivity index (χ0) is 17.8. The van der Waals surface area contributed by atoms with Crippen LogP contribution in [0.2, 0.25) is 0 Å². The van der Waals surface area contributed by atoms with E-state index in [1.54, 1.807) is 0 Å². The lowest BCUT2D eigenvalue weighted by Crippen LogP contribution is -2.43. The summed E-state index contributed by atoms with van der Waals surface area (Å²) in [4.78, 5) is 12.6. The van der Waals surface area contributed by atoms with Gasteiger partial charge in [-0.25, -0.2) is 4.98 Å². The predicted molar refractivity (Wildman–Crippen MR) is 122 cm³/mol. The third-order valence-corrected chi connectivity index (χ3v) is 5.40. The number of hydrogen-bond donors (Lipinski definition) is 2. The second kappa shape index (κ2) is 14.7. The summed E-state index contributed by atoms with van der Waals surface area (Å²) in [6.07, 6.45) is 6.38. The van der Waals surface area contributed by atoms with Gasteiger partial charge in [0.1, 0.15) is 0 Å². The van der Waals surface area contributed by atoms with Gasteiger partial charge in [-0.15, -0.1) is 35.3 Å². The predicted octanol–water partition coefficient (Wildman–Crippen LogP) is 3.54. The highest BCUT2D eigenvalue weighted by Crippen LogP contribution is 2.13. The fraction of sp³-hybridized carbons (Fsp3) is 0.778. The van der Waals surface area contributed by atoms with E-state index in [-0.39, 0.29) is 24.0 Å². The zero-order valence-corrected chi connectivity index (χ0v) is 19.6. The fourth-order valence-electron chi connectivity index (χ4n) is 2.58. The molecule has 0 aliphatic heterocycles. The van der Waals surface area contributed by atoms with Crippen LogP contribution < -0.4 is 10.6 Å². The normalized spacial score (nSPS) is 12.8. The van der Waals surface area contributed by atoms with Gasteiger partial charge in [-0.3, -0.25) is 4.99 Å². The van der Waals surface area contributed by atoms with Crippen molar-refractivity contribution < 1.29 is 0 Å². The SMILES string of the molecule is CCc1cnc(CCNC(=NC)NC(C)CCCN(CC)CC)s1.I. The highest BCUT2D eigenvalue weighted by Gasteiger charge is 2.07. The number of nitrogens with zero attached hydrogens (tertiary/aromatic N) is 3. The monoisotopic (exact) mass is 481 g/mol. The molecule has 0 spiro atoms. The van der Waals surface area contributed by atoms with E-state index in [9.17, 15) is 0 Å². The van der Waals surface area contributed by atoms with Crippen LogP contribution in [0, 0.1) is 0 Å². The number of aliphatic imine (C=N–C) groups is 1. The molecule has 1 aromatic rings. The van der Waals surface area contributed by atoms with Gasteiger partial charge in [0.2, 0.25) is 0 Å². The van der Waals surface area contributed by atoms with Crippen molar-refractivity contribution in [3.63, 3.8) is 0 Å². The smallest absolute Gasteiger partial charge is 0.191 e. The van der Waals surface area contributed by atoms with Gasteiger partial charge in [0.15, 0.2) is 5.96 Å². The molecule has 0 aliphatic rings. The molecule has 1 atom stereocenters. The first-order valence-electron chi connectivity index (χ1n) is 9.25. The Bertz CT molecular complexity index is 474. The lowest BCUT2D eigenvalue weighted by atomic mass is 10.2. The number of rotatable bonds is 11. The molecule has 146 valence electrons. The number of aromatic nitrogens is 1. The third-order valence-electron chi connectivity index (χ3n) is 4.19. The van der Waals surface area contributed by atoms with E-state index in [4.69, 9.17) is 0 Å². The van der Waals surface area contributed by atoms with E-state index in [0.29, 0.717) is 6.04 Å². The van der Waals surface area contributed by atoms with Gasteiger partial charge >= 0.3 is 0 Å². The Kier molecular flexibility index (Phi) is 14.5. The Morgan fingerprint density at radius 1 is 1.32 bits per heavy atom. The van der Waals surface area contributed by atoms with Crippen LogP contribution in [0.15, 0.2) is 11.2 Å². The largest absolute Gasteiger partial charge is 0.356 e. The molecule has 1 heterocycles. The van der Waals surface area contributed by atoms with Gasteiger partial charge in [-0.1, -0.05) is 20.8 Å². The van der Waals surface area contributed by atoms with E-state index in [1.807, 2.05) is 24.6 Å². The van der Waals surface area contributed by atoms with Crippen LogP contribution in [0.4, 0.5) is 0 Å². The van der Waals surface area contributed by atoms with E-state index in [0.717, 1.165) is 44.9 Å². The van der Waals surface area contributed by atoms with Gasteiger partial charge < -0.3 is 15.5 Å². The van der Waals surface area contributed by atoms with Crippen LogP contribution in [0.1, 0.15) is 50.4 Å². The van der Waals surface area contributed by atoms with Crippen molar-refractivity contribution in [1.82, 2.24) is 20.5 Å². The summed E-state index contributed by atoms with van der Waals surface area (Å²) < 4.78 is 0. The maximum Gasteiger partial charge on any atom is 0.191 e. The van der Waals surface area contributed by atoms with Crippen molar-refractivity contribution in [2.45, 2.75) is 59.4 Å². The Balaban J connectivity index is 0.00000576. The molecule has 25 heavy (non-hydrogen) atoms. The van der Waals surface area contributed by atoms with E-state index in [2.05, 4.69) is 53.2 Å². The third kappa shape index (κ3) is 10.4. The molecule has 7 heteroatoms. The molecule has 0 bridgehead atoms. The number of thiazole rings is 1. The fourth-order valence-corrected chi connectivity index (χ4v) is 3.44. The molecule has 0 amide bonds. The zero-order valence-electron chi connectivity index (χ0n) is 16.5. The highest BCUT2D eigenvalue weighted by molar-refractivity contribution is 14.0. The summed E-state index contributed by atoms with van der Waals surface area (Å²) in [6.45, 7) is 13.2. The topological polar surface area (TPSA) is 52.6 Å². The van der Waals surface area contributed by atoms with E-state index < -0.39 is 0 Å². The molecular formula is C18H36IN5S. The van der Waals surface area contributed by atoms with Crippen molar-refractivity contribution >= 4 is 41.3 Å². The lowest BCUT2D eigenvalue weighted by molar-refractivity contribution is 0.292. The van der Waals surface area contributed by atoms with Crippen molar-refractivity contribution in [1.29, 1.82) is 0 Å². The number of nitrogens with one attached hydrogen (secondary N) is 2. The summed E-state index contributed by atoms with van der Waals surface area (Å²) >= 11 is 1.81. The molecule has 1 aromatic heterocycles. The molecule has 0 saturated heterocycles. The minimum Gasteiger partial charge on any atom is -0.356 e. The molecule has 0 fully saturated rings. The minimum atomic E-state index is 0. The second-order valence-corrected chi connectivity index (χ2v) is 7.24. The van der Waals surface area contributed by atoms with Crippen molar-refractivity contribution in [2.75, 3.05) is 33.2 Å². The minimum absolute atomic E-state index is 0. The first-order valence-corrected chi connectivity index (χ1v) is 10.1. The van der Waals surface area contributed by atoms with Crippen LogP contribution in [0.5, 0.6) is 0 Å². The van der Waals surface area contributed by atoms with Crippen LogP contribution in [-0.4, -0.2) is 55.1 Å². The molecule has 2 N–H and O–H groups in total. The van der Waals surface area contributed by atoms with Crippen molar-refractivity contribution in [3.05, 3.63) is 16.1 Å². The molecule has 5 nitrogen and oxygen atoms in total. The summed E-state index contributed by atoms with van der Waals surface area (Å²) in [5.74, 6) is 0.887. The maximum absolute atomic E-state index is 4.46. The van der Waals surface area contributed by atoms with Gasteiger partial charge in [0.05, 0.1) is 5.01 Å². The highest BCUT2D eigenvalue weighted by atomic mass is 127. The maximum atomic E-state index is 4.46. The van der Waals surface area contributed by atoms with Crippen molar-refractivity contribution in [2.24, 2.45) is 4.99 Å². The second-order valence-electron chi connectivity index (χ2n) is 6.04. The Labute approximate surface area is 175 Å². The standard InChI is InChI=1S/C18H35N5S.HI/c1-6-16-14-21-17(24-16)11-12-20-18(19-5)22-15(4)10-9-13-23(7-2)8-3;/h14-15H,6-13H2,1-5H3,(H2,19,20,22);1H. The van der Waals surface area contributed by atoms with Gasteiger partial charge in [-0.05, 0) is 45.8 Å². The average molecular weight is 481 g/mol. The summed E-state index contributed by atoms with van der Waals surface area (Å²) in [7, 11) is 1.83. The van der Waals surface area contributed by atoms with Gasteiger partial charge in [0, 0.05) is 37.1 Å². The average Bonchev–Trinajstić information content (AvgIpc) is 3.05. The quantitative estimate of drug-likeness (QED) is 0.289. The number of aryl methyl sites for hydroxylation is 1. The van der Waals surface area contributed by atoms with E-state index >= 15 is 0 Å². The molecule has 0 aliphatic carbocycles. The number of guanidine groups is 1. The molecule has 0 radical (unpaired) electrons. The number of halogens is 1. The Hall–Kier alpha value is -0.410. The van der Waals surface area contributed by atoms with Crippen LogP contribution >= 0.6 is 35.3 Å². The molecular weight excluding hydrogens is 445 g/mol. The Morgan fingerprint density at radius 2 is 2.04 bits per heavy atom. The summed E-state index contributed by atoms with van der Waals surface area (Å²) in [5, 5.41) is 8.07. The summed E-state index contributed by atoms with van der Waals surface area (Å²) in [6, 6.07) is 0.429. The first-order chi connectivity index (χ1) is 11.6. The molecule has 1 rings (SSSR count). The number of hydrogen-bond acceptors (Lipinski definition) is 4. The molecule has 1 unspecified atom stereocenters. The lowest BCUT2D eigenvalue weighted by Gasteiger charge is -2.21. The van der Waals surface area contributed by atoms with Gasteiger partial charge in [-0.2, -0.15) is 0 Å². The van der Waals surface area contributed by atoms with E-state index in [1.165, 1.54) is 22.9 Å². The van der Waals surface area contributed by atoms with Crippen molar-refractivity contribution in [3.8, 4) is 0 Å². The van der Waals surface area contributed by atoms with Gasteiger partial charge in [0.25, 0.3) is 0 Å². The van der Waals surface area contributed by atoms with Crippen LogP contribution in [-0.2, 0) is 12.8 Å². The molecule has 0 saturated carbocycles. The van der Waals surface area contributed by atoms with Crippen LogP contribution in [0.25, 0.3) is 0 Å². The van der Waals surface area contributed by atoms with Crippen LogP contribution in [0.3, 0.4) is 0 Å². The molecule has 0 aromatic carbocycles. The first kappa shape index (κ1) is 24.6. The Morgan fingerprint density at radius 3 is 2.60 bits per heavy atom.